The minimum absolute atomic E-state index is 0.0811. The molecule has 3 aromatic carbocycles. The molecule has 0 heterocycles. The highest BCUT2D eigenvalue weighted by molar-refractivity contribution is 6.05. The van der Waals surface area contributed by atoms with E-state index in [9.17, 15) is 46.0 Å². The summed E-state index contributed by atoms with van der Waals surface area (Å²) in [4.78, 5) is 33.0. The quantitative estimate of drug-likeness (QED) is 0.246. The van der Waals surface area contributed by atoms with Crippen molar-refractivity contribution in [3.05, 3.63) is 93.0 Å². The van der Waals surface area contributed by atoms with E-state index in [0.29, 0.717) is 24.3 Å². The van der Waals surface area contributed by atoms with Crippen LogP contribution in [0.4, 0.5) is 37.7 Å². The van der Waals surface area contributed by atoms with Gasteiger partial charge in [0.1, 0.15) is 0 Å². The van der Waals surface area contributed by atoms with Crippen LogP contribution >= 0.6 is 0 Å². The third-order valence-electron chi connectivity index (χ3n) is 4.79. The standard InChI is InChI=1S/C22H12F6N2O5/c23-21(24,25)17-9-13(29-19(31)11-1-3-12(4-2-11)20(32)33)5-7-15(17)16-8-6-14(30(34)35)10-18(16)22(26,27)28/h1-10H,(H,29,31)(H,32,33). The first-order valence-corrected chi connectivity index (χ1v) is 9.40. The first-order valence-electron chi connectivity index (χ1n) is 9.40. The number of nitro groups is 1. The predicted molar refractivity (Wildman–Crippen MR) is 110 cm³/mol. The van der Waals surface area contributed by atoms with Crippen LogP contribution < -0.4 is 5.32 Å². The Balaban J connectivity index is 2.06. The summed E-state index contributed by atoms with van der Waals surface area (Å²) in [6, 6.07) is 7.93. The van der Waals surface area contributed by atoms with E-state index in [0.717, 1.165) is 30.3 Å². The van der Waals surface area contributed by atoms with Gasteiger partial charge >= 0.3 is 18.3 Å². The Kier molecular flexibility index (Phi) is 6.54. The molecule has 0 bridgehead atoms. The Labute approximate surface area is 191 Å². The van der Waals surface area contributed by atoms with Crippen molar-refractivity contribution in [2.75, 3.05) is 5.32 Å². The molecule has 0 saturated heterocycles. The second-order valence-electron chi connectivity index (χ2n) is 7.08. The largest absolute Gasteiger partial charge is 0.478 e. The number of amides is 1. The molecule has 35 heavy (non-hydrogen) atoms. The zero-order chi connectivity index (χ0) is 26.1. The van der Waals surface area contributed by atoms with Gasteiger partial charge in [-0.1, -0.05) is 6.07 Å². The number of non-ortho nitro benzene ring substituents is 1. The minimum Gasteiger partial charge on any atom is -0.478 e. The highest BCUT2D eigenvalue weighted by Gasteiger charge is 2.39. The Morgan fingerprint density at radius 3 is 1.74 bits per heavy atom. The van der Waals surface area contributed by atoms with Gasteiger partial charge in [-0.25, -0.2) is 4.79 Å². The Morgan fingerprint density at radius 2 is 1.26 bits per heavy atom. The fraction of sp³-hybridized carbons (Fsp3) is 0.0909. The maximum atomic E-state index is 13.8. The molecule has 0 aliphatic carbocycles. The van der Waals surface area contributed by atoms with Gasteiger partial charge in [-0.15, -0.1) is 0 Å². The second-order valence-corrected chi connectivity index (χ2v) is 7.08. The summed E-state index contributed by atoms with van der Waals surface area (Å²) in [6.07, 6.45) is -10.3. The maximum Gasteiger partial charge on any atom is 0.417 e. The number of hydrogen-bond acceptors (Lipinski definition) is 4. The van der Waals surface area contributed by atoms with Crippen molar-refractivity contribution >= 4 is 23.3 Å². The summed E-state index contributed by atoms with van der Waals surface area (Å²) < 4.78 is 81.9. The van der Waals surface area contributed by atoms with Crippen LogP contribution in [-0.2, 0) is 12.4 Å². The SMILES string of the molecule is O=C(O)c1ccc(C(=O)Nc2ccc(-c3ccc([N+](=O)[O-])cc3C(F)(F)F)c(C(F)(F)F)c2)cc1. The van der Waals surface area contributed by atoms with Crippen LogP contribution in [0.15, 0.2) is 60.7 Å². The van der Waals surface area contributed by atoms with E-state index in [2.05, 4.69) is 5.32 Å². The third-order valence-corrected chi connectivity index (χ3v) is 4.79. The van der Waals surface area contributed by atoms with E-state index < -0.39 is 62.8 Å². The highest BCUT2D eigenvalue weighted by atomic mass is 19.4. The van der Waals surface area contributed by atoms with E-state index in [1.54, 1.807) is 0 Å². The van der Waals surface area contributed by atoms with E-state index in [-0.39, 0.29) is 17.2 Å². The van der Waals surface area contributed by atoms with Gasteiger partial charge in [-0.2, -0.15) is 26.3 Å². The number of hydrogen-bond donors (Lipinski definition) is 2. The Bertz CT molecular complexity index is 1320. The number of rotatable bonds is 5. The van der Waals surface area contributed by atoms with Gasteiger partial charge in [0.25, 0.3) is 11.6 Å². The number of carbonyl (C=O) groups excluding carboxylic acids is 1. The van der Waals surface area contributed by atoms with Crippen molar-refractivity contribution in [3.8, 4) is 11.1 Å². The van der Waals surface area contributed by atoms with Crippen LogP contribution in [0.1, 0.15) is 31.8 Å². The van der Waals surface area contributed by atoms with Crippen molar-refractivity contribution in [2.24, 2.45) is 0 Å². The van der Waals surface area contributed by atoms with Crippen LogP contribution in [0.25, 0.3) is 11.1 Å². The van der Waals surface area contributed by atoms with Crippen molar-refractivity contribution in [1.29, 1.82) is 0 Å². The highest BCUT2D eigenvalue weighted by Crippen LogP contribution is 2.44. The van der Waals surface area contributed by atoms with Gasteiger partial charge in [0.2, 0.25) is 0 Å². The van der Waals surface area contributed by atoms with E-state index >= 15 is 0 Å². The van der Waals surface area contributed by atoms with Crippen LogP contribution in [0.3, 0.4) is 0 Å². The Hall–Kier alpha value is -4.42. The van der Waals surface area contributed by atoms with Gasteiger partial charge in [0, 0.05) is 23.4 Å². The van der Waals surface area contributed by atoms with Gasteiger partial charge < -0.3 is 10.4 Å². The van der Waals surface area contributed by atoms with Crippen molar-refractivity contribution < 1.29 is 46.0 Å². The molecule has 3 rings (SSSR count). The van der Waals surface area contributed by atoms with Crippen molar-refractivity contribution in [1.82, 2.24) is 0 Å². The smallest absolute Gasteiger partial charge is 0.417 e. The normalized spacial score (nSPS) is 11.7. The average Bonchev–Trinajstić information content (AvgIpc) is 2.77. The van der Waals surface area contributed by atoms with Crippen LogP contribution in [0.2, 0.25) is 0 Å². The molecule has 0 aliphatic heterocycles. The number of anilines is 1. The number of benzene rings is 3. The molecule has 0 aliphatic rings. The molecule has 0 atom stereocenters. The zero-order valence-corrected chi connectivity index (χ0v) is 17.1. The van der Waals surface area contributed by atoms with Gasteiger partial charge in [0.05, 0.1) is 21.6 Å². The molecule has 0 saturated carbocycles. The first-order chi connectivity index (χ1) is 16.2. The van der Waals surface area contributed by atoms with Crippen LogP contribution in [0.5, 0.6) is 0 Å². The van der Waals surface area contributed by atoms with Crippen molar-refractivity contribution in [2.45, 2.75) is 12.4 Å². The number of halogens is 6. The molecule has 1 amide bonds. The summed E-state index contributed by atoms with van der Waals surface area (Å²) in [5.74, 6) is -2.15. The number of nitro benzene ring substituents is 1. The number of nitrogens with one attached hydrogen (secondary N) is 1. The number of carbonyl (C=O) groups is 2. The van der Waals surface area contributed by atoms with E-state index in [1.165, 1.54) is 0 Å². The first kappa shape index (κ1) is 25.2. The number of aromatic carboxylic acids is 1. The minimum atomic E-state index is -5.20. The average molecular weight is 498 g/mol. The lowest BCUT2D eigenvalue weighted by Gasteiger charge is -2.18. The molecule has 3 aromatic rings. The van der Waals surface area contributed by atoms with E-state index in [1.807, 2.05) is 0 Å². The molecule has 0 spiro atoms. The fourth-order valence-electron chi connectivity index (χ4n) is 3.17. The maximum absolute atomic E-state index is 13.8. The monoisotopic (exact) mass is 498 g/mol. The molecular formula is C22H12F6N2O5. The Morgan fingerprint density at radius 1 is 0.771 bits per heavy atom. The molecule has 0 unspecified atom stereocenters. The molecule has 0 radical (unpaired) electrons. The molecule has 182 valence electrons. The summed E-state index contributed by atoms with van der Waals surface area (Å²) in [7, 11) is 0. The zero-order valence-electron chi connectivity index (χ0n) is 17.1. The second kappa shape index (κ2) is 9.08. The lowest BCUT2D eigenvalue weighted by Crippen LogP contribution is -2.15. The molecule has 7 nitrogen and oxygen atoms in total. The third kappa shape index (κ3) is 5.57. The molecule has 13 heteroatoms. The summed E-state index contributed by atoms with van der Waals surface area (Å²) in [5, 5.41) is 21.9. The lowest BCUT2D eigenvalue weighted by atomic mass is 9.93. The van der Waals surface area contributed by atoms with Gasteiger partial charge in [-0.05, 0) is 53.6 Å². The number of carboxylic acids is 1. The number of nitrogens with zero attached hydrogens (tertiary/aromatic N) is 1. The molecule has 0 fully saturated rings. The van der Waals surface area contributed by atoms with Crippen LogP contribution in [0, 0.1) is 10.1 Å². The van der Waals surface area contributed by atoms with E-state index in [4.69, 9.17) is 5.11 Å². The fourth-order valence-corrected chi connectivity index (χ4v) is 3.17. The summed E-state index contributed by atoms with van der Waals surface area (Å²) in [6.45, 7) is 0. The number of carboxylic acid groups (broad SMARTS) is 1. The predicted octanol–water partition coefficient (Wildman–Crippen LogP) is 6.25. The number of alkyl halides is 6. The summed E-state index contributed by atoms with van der Waals surface area (Å²) in [5.41, 5.74) is -6.54. The lowest BCUT2D eigenvalue weighted by molar-refractivity contribution is -0.385. The van der Waals surface area contributed by atoms with Crippen molar-refractivity contribution in [3.63, 3.8) is 0 Å². The van der Waals surface area contributed by atoms with Gasteiger partial charge in [0.15, 0.2) is 0 Å². The molecule has 2 N–H and O–H groups in total. The molecular weight excluding hydrogens is 486 g/mol. The van der Waals surface area contributed by atoms with Crippen LogP contribution in [-0.4, -0.2) is 21.9 Å². The summed E-state index contributed by atoms with van der Waals surface area (Å²) >= 11 is 0. The van der Waals surface area contributed by atoms with Gasteiger partial charge in [-0.3, -0.25) is 14.9 Å². The topological polar surface area (TPSA) is 110 Å². The molecule has 0 aromatic heterocycles.